The Kier molecular flexibility index (Phi) is 4.39. The molecular formula is C19H14F3N3O2. The Balaban J connectivity index is 1.59. The highest BCUT2D eigenvalue weighted by atomic mass is 19.2. The fraction of sp³-hybridized carbons (Fsp3) is 0.211. The molecule has 0 spiro atoms. The summed E-state index contributed by atoms with van der Waals surface area (Å²) >= 11 is 0. The summed E-state index contributed by atoms with van der Waals surface area (Å²) < 4.78 is 44.9. The predicted molar refractivity (Wildman–Crippen MR) is 89.1 cm³/mol. The smallest absolute Gasteiger partial charge is 0.254 e. The van der Waals surface area contributed by atoms with Gasteiger partial charge in [-0.15, -0.1) is 0 Å². The van der Waals surface area contributed by atoms with Gasteiger partial charge in [0.2, 0.25) is 11.7 Å². The fourth-order valence-electron chi connectivity index (χ4n) is 3.15. The van der Waals surface area contributed by atoms with E-state index in [1.807, 2.05) is 0 Å². The Morgan fingerprint density at radius 2 is 1.85 bits per heavy atom. The summed E-state index contributed by atoms with van der Waals surface area (Å²) in [5, 5.41) is 3.90. The molecule has 2 heterocycles. The van der Waals surface area contributed by atoms with E-state index >= 15 is 0 Å². The molecule has 3 aromatic rings. The summed E-state index contributed by atoms with van der Waals surface area (Å²) in [5.74, 6) is -2.35. The van der Waals surface area contributed by atoms with Crippen LogP contribution in [0.2, 0.25) is 0 Å². The summed E-state index contributed by atoms with van der Waals surface area (Å²) in [6, 6.07) is 8.24. The van der Waals surface area contributed by atoms with E-state index in [0.29, 0.717) is 24.9 Å². The highest BCUT2D eigenvalue weighted by molar-refractivity contribution is 5.94. The van der Waals surface area contributed by atoms with Gasteiger partial charge in [0, 0.05) is 17.7 Å². The lowest BCUT2D eigenvalue weighted by atomic mass is 10.1. The number of nitrogens with zero attached hydrogens (tertiary/aromatic N) is 3. The zero-order chi connectivity index (χ0) is 19.0. The largest absolute Gasteiger partial charge is 0.337 e. The molecule has 1 saturated heterocycles. The fourth-order valence-corrected chi connectivity index (χ4v) is 3.15. The second-order valence-electron chi connectivity index (χ2n) is 6.25. The molecule has 0 N–H and O–H groups in total. The van der Waals surface area contributed by atoms with E-state index in [1.165, 1.54) is 35.2 Å². The number of carbonyl (C=O) groups excluding carboxylic acids is 1. The molecule has 4 rings (SSSR count). The average Bonchev–Trinajstić information content (AvgIpc) is 3.33. The maximum atomic E-state index is 13.5. The first-order valence-electron chi connectivity index (χ1n) is 8.38. The third-order valence-electron chi connectivity index (χ3n) is 4.51. The Hall–Kier alpha value is -3.16. The average molecular weight is 373 g/mol. The highest BCUT2D eigenvalue weighted by Gasteiger charge is 2.34. The van der Waals surface area contributed by atoms with Crippen LogP contribution in [-0.2, 0) is 0 Å². The summed E-state index contributed by atoms with van der Waals surface area (Å²) in [6.45, 7) is 0.441. The Morgan fingerprint density at radius 3 is 2.59 bits per heavy atom. The minimum absolute atomic E-state index is 0.0547. The second kappa shape index (κ2) is 6.86. The van der Waals surface area contributed by atoms with Gasteiger partial charge in [0.15, 0.2) is 11.6 Å². The topological polar surface area (TPSA) is 59.2 Å². The van der Waals surface area contributed by atoms with Crippen LogP contribution in [0.5, 0.6) is 0 Å². The molecule has 1 aliphatic rings. The van der Waals surface area contributed by atoms with Crippen molar-refractivity contribution in [1.29, 1.82) is 0 Å². The zero-order valence-electron chi connectivity index (χ0n) is 14.0. The molecule has 1 fully saturated rings. The van der Waals surface area contributed by atoms with Gasteiger partial charge in [-0.1, -0.05) is 5.16 Å². The minimum Gasteiger partial charge on any atom is -0.337 e. The van der Waals surface area contributed by atoms with Crippen LogP contribution in [0.1, 0.15) is 35.1 Å². The molecule has 0 radical (unpaired) electrons. The predicted octanol–water partition coefficient (Wildman–Crippen LogP) is 4.13. The Morgan fingerprint density at radius 1 is 1.07 bits per heavy atom. The number of hydrogen-bond acceptors (Lipinski definition) is 4. The SMILES string of the molecule is O=C(c1ccc(F)c(F)c1)N1CCCC1c1nc(-c2ccc(F)cc2)no1. The van der Waals surface area contributed by atoms with E-state index in [4.69, 9.17) is 4.52 Å². The standard InChI is InChI=1S/C19H14F3N3O2/c20-13-6-3-11(4-7-13)17-23-18(27-24-17)16-2-1-9-25(16)19(26)12-5-8-14(21)15(22)10-12/h3-8,10,16H,1-2,9H2. The van der Waals surface area contributed by atoms with E-state index in [0.717, 1.165) is 12.1 Å². The van der Waals surface area contributed by atoms with E-state index in [9.17, 15) is 18.0 Å². The molecule has 1 aromatic heterocycles. The molecule has 1 unspecified atom stereocenters. The number of likely N-dealkylation sites (tertiary alicyclic amines) is 1. The molecule has 2 aromatic carbocycles. The first-order valence-corrected chi connectivity index (χ1v) is 8.38. The number of benzene rings is 2. The quantitative estimate of drug-likeness (QED) is 0.693. The second-order valence-corrected chi connectivity index (χ2v) is 6.25. The van der Waals surface area contributed by atoms with Crippen LogP contribution in [0.4, 0.5) is 13.2 Å². The molecular weight excluding hydrogens is 359 g/mol. The lowest BCUT2D eigenvalue weighted by Crippen LogP contribution is -2.30. The van der Waals surface area contributed by atoms with Crippen molar-refractivity contribution >= 4 is 5.91 Å². The van der Waals surface area contributed by atoms with Gasteiger partial charge in [-0.3, -0.25) is 4.79 Å². The molecule has 0 saturated carbocycles. The number of aromatic nitrogens is 2. The van der Waals surface area contributed by atoms with Crippen LogP contribution < -0.4 is 0 Å². The van der Waals surface area contributed by atoms with E-state index in [-0.39, 0.29) is 23.1 Å². The van der Waals surface area contributed by atoms with Crippen LogP contribution in [-0.4, -0.2) is 27.5 Å². The van der Waals surface area contributed by atoms with Crippen LogP contribution in [0.15, 0.2) is 47.0 Å². The summed E-state index contributed by atoms with van der Waals surface area (Å²) in [7, 11) is 0. The van der Waals surface area contributed by atoms with Gasteiger partial charge in [0.1, 0.15) is 11.9 Å². The number of rotatable bonds is 3. The van der Waals surface area contributed by atoms with Crippen molar-refractivity contribution in [1.82, 2.24) is 15.0 Å². The van der Waals surface area contributed by atoms with Gasteiger partial charge in [0.05, 0.1) is 0 Å². The molecule has 0 aliphatic carbocycles. The van der Waals surface area contributed by atoms with Crippen molar-refractivity contribution in [2.24, 2.45) is 0 Å². The van der Waals surface area contributed by atoms with E-state index in [2.05, 4.69) is 10.1 Å². The summed E-state index contributed by atoms with van der Waals surface area (Å²) in [5.41, 5.74) is 0.641. The van der Waals surface area contributed by atoms with Crippen LogP contribution in [0, 0.1) is 17.5 Å². The molecule has 138 valence electrons. The van der Waals surface area contributed by atoms with Crippen LogP contribution in [0.3, 0.4) is 0 Å². The molecule has 0 bridgehead atoms. The summed E-state index contributed by atoms with van der Waals surface area (Å²) in [6.07, 6.45) is 1.33. The normalized spacial score (nSPS) is 16.7. The van der Waals surface area contributed by atoms with Crippen molar-refractivity contribution in [2.45, 2.75) is 18.9 Å². The summed E-state index contributed by atoms with van der Waals surface area (Å²) in [4.78, 5) is 18.5. The third kappa shape index (κ3) is 3.30. The monoisotopic (exact) mass is 373 g/mol. The highest BCUT2D eigenvalue weighted by Crippen LogP contribution is 2.33. The molecule has 27 heavy (non-hydrogen) atoms. The maximum Gasteiger partial charge on any atom is 0.254 e. The van der Waals surface area contributed by atoms with Crippen molar-refractivity contribution in [3.05, 3.63) is 71.4 Å². The van der Waals surface area contributed by atoms with Crippen LogP contribution in [0.25, 0.3) is 11.4 Å². The van der Waals surface area contributed by atoms with Gasteiger partial charge in [0.25, 0.3) is 5.91 Å². The first kappa shape index (κ1) is 17.3. The Bertz CT molecular complexity index is 988. The van der Waals surface area contributed by atoms with Crippen LogP contribution >= 0.6 is 0 Å². The molecule has 1 amide bonds. The van der Waals surface area contributed by atoms with Crippen molar-refractivity contribution < 1.29 is 22.5 Å². The third-order valence-corrected chi connectivity index (χ3v) is 4.51. The molecule has 1 atom stereocenters. The zero-order valence-corrected chi connectivity index (χ0v) is 14.0. The minimum atomic E-state index is -1.08. The lowest BCUT2D eigenvalue weighted by Gasteiger charge is -2.21. The van der Waals surface area contributed by atoms with Gasteiger partial charge >= 0.3 is 0 Å². The van der Waals surface area contributed by atoms with Gasteiger partial charge in [-0.05, 0) is 55.3 Å². The van der Waals surface area contributed by atoms with Gasteiger partial charge < -0.3 is 9.42 Å². The van der Waals surface area contributed by atoms with Crippen molar-refractivity contribution in [2.75, 3.05) is 6.54 Å². The van der Waals surface area contributed by atoms with Crippen molar-refractivity contribution in [3.63, 3.8) is 0 Å². The molecule has 8 heteroatoms. The van der Waals surface area contributed by atoms with E-state index in [1.54, 1.807) is 0 Å². The number of hydrogen-bond donors (Lipinski definition) is 0. The van der Waals surface area contributed by atoms with Crippen molar-refractivity contribution in [3.8, 4) is 11.4 Å². The number of amides is 1. The number of halogens is 3. The first-order chi connectivity index (χ1) is 13.0. The van der Waals surface area contributed by atoms with Gasteiger partial charge in [-0.25, -0.2) is 13.2 Å². The van der Waals surface area contributed by atoms with Gasteiger partial charge in [-0.2, -0.15) is 4.98 Å². The molecule has 5 nitrogen and oxygen atoms in total. The Labute approximate surface area is 152 Å². The number of carbonyl (C=O) groups is 1. The maximum absolute atomic E-state index is 13.5. The van der Waals surface area contributed by atoms with E-state index < -0.39 is 23.6 Å². The lowest BCUT2D eigenvalue weighted by molar-refractivity contribution is 0.0709. The molecule has 1 aliphatic heterocycles.